The molecule has 1 atom stereocenters. The maximum absolute atomic E-state index is 13.2. The maximum atomic E-state index is 13.2. The van der Waals surface area contributed by atoms with Gasteiger partial charge in [-0.2, -0.15) is 4.31 Å². The monoisotopic (exact) mass is 461 g/mol. The predicted molar refractivity (Wildman–Crippen MR) is 123 cm³/mol. The van der Waals surface area contributed by atoms with E-state index in [2.05, 4.69) is 11.8 Å². The fraction of sp³-hybridized carbons (Fsp3) is 0.435. The van der Waals surface area contributed by atoms with Crippen LogP contribution in [0.4, 0.5) is 5.69 Å². The van der Waals surface area contributed by atoms with Crippen LogP contribution >= 0.6 is 11.6 Å². The van der Waals surface area contributed by atoms with Crippen molar-refractivity contribution in [2.24, 2.45) is 5.92 Å². The normalized spacial score (nSPS) is 20.6. The van der Waals surface area contributed by atoms with Crippen LogP contribution in [0, 0.1) is 12.8 Å². The van der Waals surface area contributed by atoms with E-state index in [-0.39, 0.29) is 23.3 Å². The van der Waals surface area contributed by atoms with Gasteiger partial charge in [0, 0.05) is 50.0 Å². The quantitative estimate of drug-likeness (QED) is 0.700. The topological polar surface area (TPSA) is 60.9 Å². The van der Waals surface area contributed by atoms with Gasteiger partial charge in [-0.05, 0) is 49.6 Å². The van der Waals surface area contributed by atoms with Crippen molar-refractivity contribution >= 4 is 33.2 Å². The van der Waals surface area contributed by atoms with Gasteiger partial charge in [0.1, 0.15) is 0 Å². The number of hydrogen-bond acceptors (Lipinski definition) is 4. The molecule has 2 aromatic rings. The van der Waals surface area contributed by atoms with Gasteiger partial charge in [0.2, 0.25) is 15.9 Å². The predicted octanol–water partition coefficient (Wildman–Crippen LogP) is 3.40. The number of benzene rings is 2. The van der Waals surface area contributed by atoms with E-state index in [1.54, 1.807) is 30.3 Å². The van der Waals surface area contributed by atoms with E-state index < -0.39 is 10.0 Å². The fourth-order valence-corrected chi connectivity index (χ4v) is 6.16. The summed E-state index contributed by atoms with van der Waals surface area (Å²) in [6.07, 6.45) is 1.43. The Kier molecular flexibility index (Phi) is 6.55. The molecule has 0 N–H and O–H groups in total. The first-order valence-electron chi connectivity index (χ1n) is 10.7. The van der Waals surface area contributed by atoms with Crippen molar-refractivity contribution < 1.29 is 13.2 Å². The molecular formula is C23H28ClN3O3S. The van der Waals surface area contributed by atoms with E-state index in [1.165, 1.54) is 9.87 Å². The highest BCUT2D eigenvalue weighted by molar-refractivity contribution is 7.89. The average Bonchev–Trinajstić information content (AvgIpc) is 2.81. The standard InChI is InChI=1S/C23H28ClN3O3S/c1-18-9-10-20(24)16-22(18)25-12-14-26(15-13-25)23(28)19-6-5-11-27(17-19)31(29,30)21-7-3-2-4-8-21/h2-4,7-10,16,19H,5-6,11-15,17H2,1H3/t19-/m1/s1. The summed E-state index contributed by atoms with van der Waals surface area (Å²) in [5, 5.41) is 0.709. The number of piperidine rings is 1. The molecule has 6 nitrogen and oxygen atoms in total. The zero-order valence-electron chi connectivity index (χ0n) is 17.7. The first kappa shape index (κ1) is 22.1. The first-order chi connectivity index (χ1) is 14.9. The highest BCUT2D eigenvalue weighted by atomic mass is 35.5. The van der Waals surface area contributed by atoms with Crippen LogP contribution in [0.1, 0.15) is 18.4 Å². The molecule has 0 saturated carbocycles. The Balaban J connectivity index is 1.39. The van der Waals surface area contributed by atoms with Crippen LogP contribution in [0.15, 0.2) is 53.4 Å². The number of sulfonamides is 1. The summed E-state index contributed by atoms with van der Waals surface area (Å²) in [6.45, 7) is 5.52. The van der Waals surface area contributed by atoms with E-state index in [4.69, 9.17) is 11.6 Å². The van der Waals surface area contributed by atoms with Crippen molar-refractivity contribution in [1.82, 2.24) is 9.21 Å². The largest absolute Gasteiger partial charge is 0.368 e. The highest BCUT2D eigenvalue weighted by Crippen LogP contribution is 2.28. The van der Waals surface area contributed by atoms with Crippen LogP contribution in [-0.4, -0.2) is 62.8 Å². The molecule has 2 fully saturated rings. The number of rotatable bonds is 4. The lowest BCUT2D eigenvalue weighted by atomic mass is 9.97. The molecule has 4 rings (SSSR count). The van der Waals surface area contributed by atoms with E-state index >= 15 is 0 Å². The van der Waals surface area contributed by atoms with Crippen LogP contribution in [0.5, 0.6) is 0 Å². The van der Waals surface area contributed by atoms with E-state index in [0.717, 1.165) is 25.2 Å². The lowest BCUT2D eigenvalue weighted by molar-refractivity contribution is -0.137. The van der Waals surface area contributed by atoms with Crippen molar-refractivity contribution in [1.29, 1.82) is 0 Å². The minimum atomic E-state index is -3.57. The molecule has 2 saturated heterocycles. The number of anilines is 1. The van der Waals surface area contributed by atoms with Crippen molar-refractivity contribution in [3.05, 3.63) is 59.1 Å². The van der Waals surface area contributed by atoms with Gasteiger partial charge >= 0.3 is 0 Å². The number of amides is 1. The first-order valence-corrected chi connectivity index (χ1v) is 12.5. The zero-order valence-corrected chi connectivity index (χ0v) is 19.3. The number of hydrogen-bond donors (Lipinski definition) is 0. The summed E-state index contributed by atoms with van der Waals surface area (Å²) in [6, 6.07) is 14.3. The van der Waals surface area contributed by atoms with Gasteiger partial charge in [0.25, 0.3) is 0 Å². The number of carbonyl (C=O) groups excluding carboxylic acids is 1. The minimum absolute atomic E-state index is 0.0652. The summed E-state index contributed by atoms with van der Waals surface area (Å²) in [4.78, 5) is 17.6. The number of aryl methyl sites for hydroxylation is 1. The second-order valence-corrected chi connectivity index (χ2v) is 10.6. The molecule has 2 aromatic carbocycles. The van der Waals surface area contributed by atoms with Crippen LogP contribution in [0.25, 0.3) is 0 Å². The number of piperazine rings is 1. The number of halogens is 1. The number of nitrogens with zero attached hydrogens (tertiary/aromatic N) is 3. The third-order valence-electron chi connectivity index (χ3n) is 6.22. The summed E-state index contributed by atoms with van der Waals surface area (Å²) in [5.41, 5.74) is 2.27. The molecule has 8 heteroatoms. The molecule has 0 spiro atoms. The van der Waals surface area contributed by atoms with Crippen molar-refractivity contribution in [3.63, 3.8) is 0 Å². The molecule has 166 valence electrons. The molecule has 0 aromatic heterocycles. The van der Waals surface area contributed by atoms with Crippen LogP contribution in [0.2, 0.25) is 5.02 Å². The van der Waals surface area contributed by atoms with Crippen LogP contribution in [-0.2, 0) is 14.8 Å². The van der Waals surface area contributed by atoms with E-state index in [1.807, 2.05) is 23.1 Å². The van der Waals surface area contributed by atoms with Crippen molar-refractivity contribution in [2.45, 2.75) is 24.7 Å². The molecule has 2 heterocycles. The molecule has 0 radical (unpaired) electrons. The SMILES string of the molecule is Cc1ccc(Cl)cc1N1CCN(C(=O)[C@@H]2CCCN(S(=O)(=O)c3ccccc3)C2)CC1. The molecule has 0 aliphatic carbocycles. The second kappa shape index (κ2) is 9.18. The lowest BCUT2D eigenvalue weighted by Crippen LogP contribution is -2.53. The molecule has 0 unspecified atom stereocenters. The van der Waals surface area contributed by atoms with Crippen molar-refractivity contribution in [2.75, 3.05) is 44.2 Å². The van der Waals surface area contributed by atoms with Crippen LogP contribution < -0.4 is 4.90 Å². The third-order valence-corrected chi connectivity index (χ3v) is 8.33. The molecule has 2 aliphatic rings. The Bertz CT molecular complexity index is 1040. The molecular weight excluding hydrogens is 434 g/mol. The van der Waals surface area contributed by atoms with E-state index in [0.29, 0.717) is 31.1 Å². The molecule has 31 heavy (non-hydrogen) atoms. The second-order valence-electron chi connectivity index (χ2n) is 8.26. The summed E-state index contributed by atoms with van der Waals surface area (Å²) in [5.74, 6) is -0.220. The Morgan fingerprint density at radius 2 is 1.71 bits per heavy atom. The minimum Gasteiger partial charge on any atom is -0.368 e. The maximum Gasteiger partial charge on any atom is 0.243 e. The molecule has 2 aliphatic heterocycles. The van der Waals surface area contributed by atoms with Gasteiger partial charge in [-0.25, -0.2) is 8.42 Å². The third kappa shape index (κ3) is 4.73. The van der Waals surface area contributed by atoms with Gasteiger partial charge in [0.05, 0.1) is 10.8 Å². The summed E-state index contributed by atoms with van der Waals surface area (Å²) < 4.78 is 27.4. The molecule has 0 bridgehead atoms. The zero-order chi connectivity index (χ0) is 22.0. The lowest BCUT2D eigenvalue weighted by Gasteiger charge is -2.40. The Labute approximate surface area is 189 Å². The summed E-state index contributed by atoms with van der Waals surface area (Å²) >= 11 is 6.17. The highest BCUT2D eigenvalue weighted by Gasteiger charge is 2.35. The Hall–Kier alpha value is -2.09. The van der Waals surface area contributed by atoms with Gasteiger partial charge in [0.15, 0.2) is 0 Å². The van der Waals surface area contributed by atoms with Crippen LogP contribution in [0.3, 0.4) is 0 Å². The van der Waals surface area contributed by atoms with Gasteiger partial charge < -0.3 is 9.80 Å². The molecule has 1 amide bonds. The Morgan fingerprint density at radius 3 is 2.42 bits per heavy atom. The average molecular weight is 462 g/mol. The Morgan fingerprint density at radius 1 is 1.00 bits per heavy atom. The fourth-order valence-electron chi connectivity index (χ4n) is 4.45. The number of carbonyl (C=O) groups is 1. The van der Waals surface area contributed by atoms with E-state index in [9.17, 15) is 13.2 Å². The van der Waals surface area contributed by atoms with Gasteiger partial charge in [-0.1, -0.05) is 35.9 Å². The van der Waals surface area contributed by atoms with Crippen molar-refractivity contribution in [3.8, 4) is 0 Å². The van der Waals surface area contributed by atoms with Gasteiger partial charge in [-0.3, -0.25) is 4.79 Å². The smallest absolute Gasteiger partial charge is 0.243 e. The summed E-state index contributed by atoms with van der Waals surface area (Å²) in [7, 11) is -3.57. The van der Waals surface area contributed by atoms with Gasteiger partial charge in [-0.15, -0.1) is 0 Å².